The molecule has 2 aromatic rings. The number of methoxy groups -OCH3 is 1. The Morgan fingerprint density at radius 2 is 1.79 bits per heavy atom. The van der Waals surface area contributed by atoms with E-state index in [1.54, 1.807) is 13.2 Å². The maximum absolute atomic E-state index is 12.2. The van der Waals surface area contributed by atoms with E-state index in [-0.39, 0.29) is 12.5 Å². The minimum absolute atomic E-state index is 0.161. The molecule has 0 bridgehead atoms. The van der Waals surface area contributed by atoms with E-state index in [1.165, 1.54) is 6.21 Å². The number of amides is 1. The highest BCUT2D eigenvalue weighted by molar-refractivity contribution is 5.93. The first-order chi connectivity index (χ1) is 13.6. The molecule has 0 fully saturated rings. The molecule has 0 radical (unpaired) electrons. The van der Waals surface area contributed by atoms with Gasteiger partial charge in [0, 0.05) is 11.3 Å². The molecular weight excluding hydrogens is 356 g/mol. The molecular formula is C22H28N2O4. The molecule has 0 aliphatic heterocycles. The highest BCUT2D eigenvalue weighted by Crippen LogP contribution is 2.27. The number of hydrogen-bond acceptors (Lipinski definition) is 5. The Hall–Kier alpha value is -3.02. The summed E-state index contributed by atoms with van der Waals surface area (Å²) in [6.45, 7) is 6.44. The third kappa shape index (κ3) is 5.74. The molecule has 0 heterocycles. The van der Waals surface area contributed by atoms with E-state index < -0.39 is 0 Å². The van der Waals surface area contributed by atoms with Crippen LogP contribution in [-0.2, 0) is 22.5 Å². The largest absolute Gasteiger partial charge is 0.493 e. The average molecular weight is 384 g/mol. The van der Waals surface area contributed by atoms with E-state index in [1.807, 2.05) is 37.3 Å². The predicted octanol–water partition coefficient (Wildman–Crippen LogP) is 4.21. The number of para-hydroxylation sites is 1. The van der Waals surface area contributed by atoms with Crippen molar-refractivity contribution in [3.05, 3.63) is 53.1 Å². The molecule has 0 saturated heterocycles. The third-order valence-corrected chi connectivity index (χ3v) is 4.22. The first kappa shape index (κ1) is 21.3. The molecule has 0 unspecified atom stereocenters. The van der Waals surface area contributed by atoms with Gasteiger partial charge < -0.3 is 19.6 Å². The number of oxime groups is 1. The summed E-state index contributed by atoms with van der Waals surface area (Å²) in [5.74, 6) is 1.05. The molecule has 0 spiro atoms. The van der Waals surface area contributed by atoms with Crippen molar-refractivity contribution in [3.63, 3.8) is 0 Å². The number of benzene rings is 2. The first-order valence-corrected chi connectivity index (χ1v) is 9.49. The average Bonchev–Trinajstić information content (AvgIpc) is 2.72. The van der Waals surface area contributed by atoms with Crippen molar-refractivity contribution >= 4 is 17.8 Å². The second-order valence-electron chi connectivity index (χ2n) is 6.06. The van der Waals surface area contributed by atoms with Gasteiger partial charge >= 0.3 is 0 Å². The lowest BCUT2D eigenvalue weighted by Crippen LogP contribution is -2.19. The van der Waals surface area contributed by atoms with Crippen molar-refractivity contribution in [2.75, 3.05) is 25.6 Å². The van der Waals surface area contributed by atoms with Crippen molar-refractivity contribution in [1.29, 1.82) is 0 Å². The van der Waals surface area contributed by atoms with Gasteiger partial charge in [0.25, 0.3) is 5.91 Å². The molecule has 1 N–H and O–H groups in total. The van der Waals surface area contributed by atoms with Gasteiger partial charge in [-0.2, -0.15) is 0 Å². The summed E-state index contributed by atoms with van der Waals surface area (Å²) in [6, 6.07) is 11.5. The van der Waals surface area contributed by atoms with Crippen molar-refractivity contribution < 1.29 is 19.1 Å². The summed E-state index contributed by atoms with van der Waals surface area (Å²) >= 11 is 0. The number of aryl methyl sites for hydroxylation is 2. The fourth-order valence-electron chi connectivity index (χ4n) is 2.81. The van der Waals surface area contributed by atoms with Gasteiger partial charge in [0.2, 0.25) is 0 Å². The van der Waals surface area contributed by atoms with Crippen LogP contribution in [0.25, 0.3) is 0 Å². The molecule has 2 aromatic carbocycles. The molecule has 0 saturated carbocycles. The van der Waals surface area contributed by atoms with Gasteiger partial charge in [-0.15, -0.1) is 0 Å². The molecule has 6 heteroatoms. The molecule has 1 amide bonds. The molecule has 0 aliphatic carbocycles. The number of rotatable bonds is 10. The third-order valence-electron chi connectivity index (χ3n) is 4.22. The normalized spacial score (nSPS) is 10.7. The Bertz CT molecular complexity index is 796. The monoisotopic (exact) mass is 384 g/mol. The molecule has 150 valence electrons. The minimum Gasteiger partial charge on any atom is -0.493 e. The lowest BCUT2D eigenvalue weighted by molar-refractivity contribution is -0.120. The van der Waals surface area contributed by atoms with Crippen LogP contribution < -0.4 is 14.8 Å². The Morgan fingerprint density at radius 1 is 1.07 bits per heavy atom. The van der Waals surface area contributed by atoms with Crippen molar-refractivity contribution in [3.8, 4) is 11.5 Å². The fourth-order valence-corrected chi connectivity index (χ4v) is 2.81. The lowest BCUT2D eigenvalue weighted by Gasteiger charge is -2.13. The Balaban J connectivity index is 1.94. The van der Waals surface area contributed by atoms with Crippen LogP contribution in [-0.4, -0.2) is 32.4 Å². The number of anilines is 1. The van der Waals surface area contributed by atoms with Gasteiger partial charge in [0.1, 0.15) is 0 Å². The summed E-state index contributed by atoms with van der Waals surface area (Å²) in [5.41, 5.74) is 3.88. The van der Waals surface area contributed by atoms with Gasteiger partial charge in [-0.1, -0.05) is 37.2 Å². The maximum atomic E-state index is 12.2. The topological polar surface area (TPSA) is 69.2 Å². The summed E-state index contributed by atoms with van der Waals surface area (Å²) in [6.07, 6.45) is 3.23. The lowest BCUT2D eigenvalue weighted by atomic mass is 10.0. The molecule has 0 atom stereocenters. The smallest absolute Gasteiger partial charge is 0.265 e. The van der Waals surface area contributed by atoms with Crippen LogP contribution in [0.5, 0.6) is 11.5 Å². The van der Waals surface area contributed by atoms with Crippen LogP contribution in [0.1, 0.15) is 37.5 Å². The Kier molecular flexibility index (Phi) is 8.34. The number of nitrogens with one attached hydrogen (secondary N) is 1. The van der Waals surface area contributed by atoms with Crippen molar-refractivity contribution in [2.45, 2.75) is 33.6 Å². The highest BCUT2D eigenvalue weighted by atomic mass is 16.6. The zero-order chi connectivity index (χ0) is 20.4. The number of carbonyl (C=O) groups is 1. The van der Waals surface area contributed by atoms with Gasteiger partial charge in [0.15, 0.2) is 18.1 Å². The second-order valence-corrected chi connectivity index (χ2v) is 6.06. The highest BCUT2D eigenvalue weighted by Gasteiger charge is 2.10. The summed E-state index contributed by atoms with van der Waals surface area (Å²) < 4.78 is 10.8. The standard InChI is InChI=1S/C22H28N2O4/c1-5-17-9-8-10-18(6-2)22(17)24-21(25)15-28-23-14-16-11-12-19(27-7-3)20(13-16)26-4/h8-14H,5-7,15H2,1-4H3,(H,24,25)/b23-14-. The number of nitrogens with zero attached hydrogens (tertiary/aromatic N) is 1. The number of hydrogen-bond donors (Lipinski definition) is 1. The van der Waals surface area contributed by atoms with Crippen LogP contribution in [0.4, 0.5) is 5.69 Å². The zero-order valence-electron chi connectivity index (χ0n) is 17.0. The molecule has 0 aromatic heterocycles. The van der Waals surface area contributed by atoms with Crippen LogP contribution in [0.3, 0.4) is 0 Å². The SMILES string of the molecule is CCOc1ccc(/C=N\OCC(=O)Nc2c(CC)cccc2CC)cc1OC. The number of carbonyl (C=O) groups excluding carboxylic acids is 1. The molecule has 0 aliphatic rings. The van der Waals surface area contributed by atoms with Crippen LogP contribution >= 0.6 is 0 Å². The summed E-state index contributed by atoms with van der Waals surface area (Å²) in [4.78, 5) is 17.4. The van der Waals surface area contributed by atoms with Gasteiger partial charge in [-0.25, -0.2) is 0 Å². The van der Waals surface area contributed by atoms with Crippen LogP contribution in [0.2, 0.25) is 0 Å². The van der Waals surface area contributed by atoms with Gasteiger partial charge in [0.05, 0.1) is 19.9 Å². The molecule has 6 nitrogen and oxygen atoms in total. The van der Waals surface area contributed by atoms with E-state index in [0.29, 0.717) is 18.1 Å². The summed E-state index contributed by atoms with van der Waals surface area (Å²) in [7, 11) is 1.58. The van der Waals surface area contributed by atoms with E-state index >= 15 is 0 Å². The molecule has 2 rings (SSSR count). The van der Waals surface area contributed by atoms with Crippen molar-refractivity contribution in [2.24, 2.45) is 5.16 Å². The van der Waals surface area contributed by atoms with E-state index in [4.69, 9.17) is 14.3 Å². The predicted molar refractivity (Wildman–Crippen MR) is 112 cm³/mol. The first-order valence-electron chi connectivity index (χ1n) is 9.49. The fraction of sp³-hybridized carbons (Fsp3) is 0.364. The van der Waals surface area contributed by atoms with E-state index in [9.17, 15) is 4.79 Å². The van der Waals surface area contributed by atoms with Gasteiger partial charge in [-0.05, 0) is 49.1 Å². The maximum Gasteiger partial charge on any atom is 0.265 e. The Morgan fingerprint density at radius 3 is 2.39 bits per heavy atom. The van der Waals surface area contributed by atoms with E-state index in [0.717, 1.165) is 35.2 Å². The second kappa shape index (κ2) is 11.0. The minimum atomic E-state index is -0.239. The quantitative estimate of drug-likeness (QED) is 0.492. The molecule has 28 heavy (non-hydrogen) atoms. The van der Waals surface area contributed by atoms with Crippen LogP contribution in [0, 0.1) is 0 Å². The van der Waals surface area contributed by atoms with E-state index in [2.05, 4.69) is 24.3 Å². The van der Waals surface area contributed by atoms with Crippen molar-refractivity contribution in [1.82, 2.24) is 0 Å². The van der Waals surface area contributed by atoms with Crippen LogP contribution in [0.15, 0.2) is 41.6 Å². The summed E-state index contributed by atoms with van der Waals surface area (Å²) in [5, 5.41) is 6.82. The Labute approximate surface area is 166 Å². The van der Waals surface area contributed by atoms with Gasteiger partial charge in [-0.3, -0.25) is 4.79 Å². The number of ether oxygens (including phenoxy) is 2. The zero-order valence-corrected chi connectivity index (χ0v) is 17.0.